The van der Waals surface area contributed by atoms with E-state index in [9.17, 15) is 9.59 Å². The predicted octanol–water partition coefficient (Wildman–Crippen LogP) is 2.11. The second-order valence-electron chi connectivity index (χ2n) is 6.65. The molecular weight excluding hydrogens is 432 g/mol. The molecule has 32 heavy (non-hydrogen) atoms. The summed E-state index contributed by atoms with van der Waals surface area (Å²) in [6, 6.07) is 7.18. The number of nitrogens with zero attached hydrogens (tertiary/aromatic N) is 5. The summed E-state index contributed by atoms with van der Waals surface area (Å²) in [5, 5.41) is 14.9. The summed E-state index contributed by atoms with van der Waals surface area (Å²) >= 11 is 6.12. The van der Waals surface area contributed by atoms with E-state index < -0.39 is 0 Å². The Balaban J connectivity index is 0.000000278. The summed E-state index contributed by atoms with van der Waals surface area (Å²) in [5.41, 5.74) is 6.19. The van der Waals surface area contributed by atoms with Crippen LogP contribution < -0.4 is 21.9 Å². The minimum atomic E-state index is -0.120. The van der Waals surface area contributed by atoms with E-state index in [4.69, 9.17) is 22.6 Å². The quantitative estimate of drug-likeness (QED) is 0.477. The number of benzene rings is 1. The number of aryl methyl sites for hydroxylation is 1. The summed E-state index contributed by atoms with van der Waals surface area (Å²) < 4.78 is 1.65. The maximum absolute atomic E-state index is 12.6. The average molecular weight is 457 g/mol. The molecule has 0 fully saturated rings. The van der Waals surface area contributed by atoms with Gasteiger partial charge in [-0.3, -0.25) is 14.2 Å². The topological polar surface area (TPSA) is 152 Å². The number of hydrogen-bond acceptors (Lipinski definition) is 8. The second-order valence-corrected chi connectivity index (χ2v) is 7.06. The monoisotopic (exact) mass is 456 g/mol. The highest BCUT2D eigenvalue weighted by Gasteiger charge is 2.12. The third-order valence-electron chi connectivity index (χ3n) is 4.49. The van der Waals surface area contributed by atoms with Gasteiger partial charge in [0.15, 0.2) is 0 Å². The highest BCUT2D eigenvalue weighted by Crippen LogP contribution is 2.19. The molecule has 11 heteroatoms. The summed E-state index contributed by atoms with van der Waals surface area (Å²) in [7, 11) is 1.67. The third kappa shape index (κ3) is 5.92. The van der Waals surface area contributed by atoms with Crippen molar-refractivity contribution in [1.29, 1.82) is 5.26 Å². The Labute approximate surface area is 190 Å². The minimum Gasteiger partial charge on any atom is -0.382 e. The fourth-order valence-corrected chi connectivity index (χ4v) is 3.22. The van der Waals surface area contributed by atoms with Crippen molar-refractivity contribution in [2.75, 3.05) is 24.6 Å². The lowest BCUT2D eigenvalue weighted by Crippen LogP contribution is -2.28. The molecule has 3 aromatic rings. The van der Waals surface area contributed by atoms with E-state index in [-0.39, 0.29) is 22.8 Å². The molecule has 4 N–H and O–H groups in total. The van der Waals surface area contributed by atoms with E-state index in [1.54, 1.807) is 29.8 Å². The molecule has 0 atom stereocenters. The molecule has 0 aliphatic heterocycles. The van der Waals surface area contributed by atoms with Crippen molar-refractivity contribution in [2.24, 2.45) is 0 Å². The zero-order chi connectivity index (χ0) is 23.7. The van der Waals surface area contributed by atoms with Crippen molar-refractivity contribution in [2.45, 2.75) is 33.2 Å². The first kappa shape index (κ1) is 24.6. The molecular formula is C21H25ClN8O2. The van der Waals surface area contributed by atoms with Crippen molar-refractivity contribution in [3.05, 3.63) is 51.3 Å². The van der Waals surface area contributed by atoms with Crippen LogP contribution in [0.2, 0.25) is 5.02 Å². The third-order valence-corrected chi connectivity index (χ3v) is 4.80. The largest absolute Gasteiger partial charge is 0.382 e. The standard InChI is InChI=1S/C15H18ClN3O2.C6H7N5/c1-3-13-18-12-7-4-6-11(16)14(12)15(21)19(13)9-5-8-17-10(2)20;1-9-6-4(2-7)5(8)10-3-11-6/h4,6-7H,3,5,8-9H2,1-2H3,(H,17,20);3H,1H3,(H3,8,9,10,11). The number of nitrogens with one attached hydrogen (secondary N) is 2. The van der Waals surface area contributed by atoms with Gasteiger partial charge in [-0.2, -0.15) is 5.26 Å². The molecule has 3 rings (SSSR count). The van der Waals surface area contributed by atoms with E-state index in [2.05, 4.69) is 25.6 Å². The Kier molecular flexibility index (Phi) is 8.92. The van der Waals surface area contributed by atoms with Gasteiger partial charge in [0, 0.05) is 33.5 Å². The van der Waals surface area contributed by atoms with Crippen molar-refractivity contribution in [3.8, 4) is 6.07 Å². The highest BCUT2D eigenvalue weighted by atomic mass is 35.5. The van der Waals surface area contributed by atoms with Crippen LogP contribution in [-0.2, 0) is 17.8 Å². The number of halogens is 1. The van der Waals surface area contributed by atoms with E-state index in [1.165, 1.54) is 13.3 Å². The number of aromatic nitrogens is 4. The summed E-state index contributed by atoms with van der Waals surface area (Å²) in [4.78, 5) is 35.5. The lowest BCUT2D eigenvalue weighted by Gasteiger charge is -2.13. The van der Waals surface area contributed by atoms with Crippen LogP contribution in [0.15, 0.2) is 29.3 Å². The lowest BCUT2D eigenvalue weighted by molar-refractivity contribution is -0.118. The fraction of sp³-hybridized carbons (Fsp3) is 0.333. The van der Waals surface area contributed by atoms with Gasteiger partial charge in [0.1, 0.15) is 35.4 Å². The van der Waals surface area contributed by atoms with Gasteiger partial charge in [-0.25, -0.2) is 15.0 Å². The number of fused-ring (bicyclic) bond motifs is 1. The summed E-state index contributed by atoms with van der Waals surface area (Å²) in [5.74, 6) is 1.32. The molecule has 1 aromatic carbocycles. The number of amides is 1. The van der Waals surface area contributed by atoms with Crippen LogP contribution in [-0.4, -0.2) is 39.0 Å². The van der Waals surface area contributed by atoms with Crippen molar-refractivity contribution in [3.63, 3.8) is 0 Å². The molecule has 0 spiro atoms. The normalized spacial score (nSPS) is 10.1. The molecule has 0 unspecified atom stereocenters. The van der Waals surface area contributed by atoms with Crippen molar-refractivity contribution in [1.82, 2.24) is 24.8 Å². The molecule has 1 amide bonds. The Morgan fingerprint density at radius 3 is 2.69 bits per heavy atom. The first-order valence-electron chi connectivity index (χ1n) is 9.94. The number of carbonyl (C=O) groups is 1. The molecule has 2 aromatic heterocycles. The molecule has 0 bridgehead atoms. The van der Waals surface area contributed by atoms with Gasteiger partial charge in [-0.05, 0) is 18.6 Å². The van der Waals surface area contributed by atoms with Crippen LogP contribution >= 0.6 is 11.6 Å². The van der Waals surface area contributed by atoms with Gasteiger partial charge in [0.25, 0.3) is 5.56 Å². The first-order valence-corrected chi connectivity index (χ1v) is 10.3. The minimum absolute atomic E-state index is 0.0715. The van der Waals surface area contributed by atoms with E-state index in [0.717, 1.165) is 5.82 Å². The smallest absolute Gasteiger partial charge is 0.262 e. The maximum Gasteiger partial charge on any atom is 0.262 e. The number of rotatable bonds is 6. The summed E-state index contributed by atoms with van der Waals surface area (Å²) in [6.07, 6.45) is 2.64. The van der Waals surface area contributed by atoms with Gasteiger partial charge < -0.3 is 16.4 Å². The molecule has 0 saturated heterocycles. The number of anilines is 2. The zero-order valence-electron chi connectivity index (χ0n) is 18.1. The number of nitrogens with two attached hydrogens (primary N) is 1. The summed E-state index contributed by atoms with van der Waals surface area (Å²) in [6.45, 7) is 4.48. The fourth-order valence-electron chi connectivity index (χ4n) is 2.97. The predicted molar refractivity (Wildman–Crippen MR) is 124 cm³/mol. The van der Waals surface area contributed by atoms with Gasteiger partial charge in [0.05, 0.1) is 15.9 Å². The molecule has 0 aliphatic carbocycles. The van der Waals surface area contributed by atoms with Crippen molar-refractivity contribution < 1.29 is 4.79 Å². The van der Waals surface area contributed by atoms with Gasteiger partial charge in [-0.1, -0.05) is 24.6 Å². The van der Waals surface area contributed by atoms with E-state index in [0.29, 0.717) is 47.7 Å². The second kappa shape index (κ2) is 11.6. The SMILES string of the molecule is CCc1nc2cccc(Cl)c2c(=O)n1CCCNC(C)=O.CNc1ncnc(N)c1C#N. The van der Waals surface area contributed by atoms with Crippen LogP contribution in [0.3, 0.4) is 0 Å². The van der Waals surface area contributed by atoms with Crippen LogP contribution in [0.5, 0.6) is 0 Å². The number of nitriles is 1. The zero-order valence-corrected chi connectivity index (χ0v) is 18.9. The first-order chi connectivity index (χ1) is 15.3. The molecule has 0 aliphatic rings. The van der Waals surface area contributed by atoms with Crippen LogP contribution in [0, 0.1) is 11.3 Å². The average Bonchev–Trinajstić information content (AvgIpc) is 2.77. The lowest BCUT2D eigenvalue weighted by atomic mass is 10.2. The molecule has 10 nitrogen and oxygen atoms in total. The molecule has 0 radical (unpaired) electrons. The Morgan fingerprint density at radius 2 is 2.09 bits per heavy atom. The molecule has 2 heterocycles. The Bertz CT molecular complexity index is 1200. The number of carbonyl (C=O) groups excluding carboxylic acids is 1. The Morgan fingerprint density at radius 1 is 1.34 bits per heavy atom. The van der Waals surface area contributed by atoms with E-state index >= 15 is 0 Å². The maximum atomic E-state index is 12.6. The number of nitrogen functional groups attached to an aromatic ring is 1. The Hall–Kier alpha value is -3.71. The van der Waals surface area contributed by atoms with Crippen LogP contribution in [0.4, 0.5) is 11.6 Å². The highest BCUT2D eigenvalue weighted by molar-refractivity contribution is 6.35. The van der Waals surface area contributed by atoms with Crippen molar-refractivity contribution >= 4 is 40.0 Å². The van der Waals surface area contributed by atoms with Crippen LogP contribution in [0.1, 0.15) is 31.7 Å². The number of hydrogen-bond donors (Lipinski definition) is 3. The van der Waals surface area contributed by atoms with Gasteiger partial charge in [0.2, 0.25) is 5.91 Å². The van der Waals surface area contributed by atoms with Gasteiger partial charge >= 0.3 is 0 Å². The molecule has 0 saturated carbocycles. The molecule has 168 valence electrons. The van der Waals surface area contributed by atoms with E-state index in [1.807, 2.05) is 13.0 Å². The van der Waals surface area contributed by atoms with Crippen LogP contribution in [0.25, 0.3) is 10.9 Å². The van der Waals surface area contributed by atoms with Gasteiger partial charge in [-0.15, -0.1) is 0 Å².